The van der Waals surface area contributed by atoms with Gasteiger partial charge in [-0.2, -0.15) is 0 Å². The van der Waals surface area contributed by atoms with Crippen LogP contribution >= 0.6 is 0 Å². The Bertz CT molecular complexity index is 755. The van der Waals surface area contributed by atoms with Crippen LogP contribution in [-0.2, 0) is 0 Å². The van der Waals surface area contributed by atoms with Crippen LogP contribution < -0.4 is 11.1 Å². The summed E-state index contributed by atoms with van der Waals surface area (Å²) in [5, 5.41) is 3.69. The van der Waals surface area contributed by atoms with E-state index >= 15 is 0 Å². The van der Waals surface area contributed by atoms with Gasteiger partial charge < -0.3 is 0 Å². The van der Waals surface area contributed by atoms with Crippen molar-refractivity contribution in [2.24, 2.45) is 5.92 Å². The maximum atomic E-state index is 12.5. The molecular weight excluding hydrogens is 240 g/mol. The second-order valence-corrected chi connectivity index (χ2v) is 4.96. The molecule has 0 aliphatic heterocycles. The van der Waals surface area contributed by atoms with Crippen LogP contribution in [0.1, 0.15) is 25.8 Å². The Morgan fingerprint density at radius 2 is 2.00 bits per heavy atom. The van der Waals surface area contributed by atoms with E-state index in [2.05, 4.69) is 24.2 Å². The molecule has 4 nitrogen and oxygen atoms in total. The minimum Gasteiger partial charge on any atom is -0.267 e. The van der Waals surface area contributed by atoms with Crippen LogP contribution in [0.15, 0.2) is 46.0 Å². The molecule has 2 aromatic rings. The Morgan fingerprint density at radius 3 is 2.74 bits per heavy atom. The van der Waals surface area contributed by atoms with Gasteiger partial charge in [-0.15, -0.1) is 0 Å². The lowest BCUT2D eigenvalue weighted by molar-refractivity contribution is 0.356. The number of hydrogen-bond acceptors (Lipinski definition) is 2. The molecule has 1 aliphatic rings. The number of nitrogens with zero attached hydrogens (tertiary/aromatic N) is 1. The van der Waals surface area contributed by atoms with Gasteiger partial charge in [0.2, 0.25) is 0 Å². The minimum absolute atomic E-state index is 0.0369. The summed E-state index contributed by atoms with van der Waals surface area (Å²) in [6, 6.07) is 7.00. The largest absolute Gasteiger partial charge is 0.273 e. The maximum Gasteiger partial charge on any atom is 0.273 e. The first kappa shape index (κ1) is 12.0. The summed E-state index contributed by atoms with van der Waals surface area (Å²) in [7, 11) is 0. The molecule has 98 valence electrons. The number of rotatable bonds is 2. The molecule has 1 aromatic carbocycles. The van der Waals surface area contributed by atoms with Crippen LogP contribution in [0.2, 0.25) is 0 Å². The molecule has 0 saturated carbocycles. The molecule has 19 heavy (non-hydrogen) atoms. The van der Waals surface area contributed by atoms with Crippen LogP contribution in [0.3, 0.4) is 0 Å². The van der Waals surface area contributed by atoms with Gasteiger partial charge in [0, 0.05) is 0 Å². The predicted molar refractivity (Wildman–Crippen MR) is 75.4 cm³/mol. The number of hydrogen-bond donors (Lipinski definition) is 1. The van der Waals surface area contributed by atoms with Crippen molar-refractivity contribution >= 4 is 10.8 Å². The fraction of sp³-hybridized carbons (Fsp3) is 0.333. The molecule has 1 N–H and O–H groups in total. The average molecular weight is 256 g/mol. The summed E-state index contributed by atoms with van der Waals surface area (Å²) in [5.41, 5.74) is -0.306. The SMILES string of the molecule is CC[C@H]1C=CC[C@@H]1n1[nH]c(=O)c2ccccc2c1=O. The predicted octanol–water partition coefficient (Wildman–Crippen LogP) is 2.22. The maximum absolute atomic E-state index is 12.5. The highest BCUT2D eigenvalue weighted by Gasteiger charge is 2.25. The van der Waals surface area contributed by atoms with E-state index < -0.39 is 0 Å². The number of aromatic amines is 1. The Hall–Kier alpha value is -2.10. The van der Waals surface area contributed by atoms with Crippen molar-refractivity contribution in [1.82, 2.24) is 9.78 Å². The normalized spacial score (nSPS) is 22.2. The molecule has 0 fully saturated rings. The molecule has 1 heterocycles. The molecule has 3 rings (SSSR count). The highest BCUT2D eigenvalue weighted by atomic mass is 16.2. The lowest BCUT2D eigenvalue weighted by atomic mass is 10.0. The summed E-state index contributed by atoms with van der Waals surface area (Å²) < 4.78 is 1.51. The van der Waals surface area contributed by atoms with E-state index in [-0.39, 0.29) is 17.2 Å². The topological polar surface area (TPSA) is 54.9 Å². The van der Waals surface area contributed by atoms with Crippen molar-refractivity contribution < 1.29 is 0 Å². The lowest BCUT2D eigenvalue weighted by Gasteiger charge is -2.20. The second-order valence-electron chi connectivity index (χ2n) is 4.96. The lowest BCUT2D eigenvalue weighted by Crippen LogP contribution is -2.34. The Balaban J connectivity index is 2.23. The first-order valence-electron chi connectivity index (χ1n) is 6.62. The molecule has 0 bridgehead atoms. The summed E-state index contributed by atoms with van der Waals surface area (Å²) in [4.78, 5) is 24.6. The summed E-state index contributed by atoms with van der Waals surface area (Å²) in [6.07, 6.45) is 5.97. The highest BCUT2D eigenvalue weighted by molar-refractivity contribution is 5.80. The third-order valence-corrected chi connectivity index (χ3v) is 3.90. The van der Waals surface area contributed by atoms with Gasteiger partial charge >= 0.3 is 0 Å². The van der Waals surface area contributed by atoms with Gasteiger partial charge in [-0.25, -0.2) is 4.68 Å². The van der Waals surface area contributed by atoms with Gasteiger partial charge in [0.05, 0.1) is 16.8 Å². The molecular formula is C15H16N2O2. The van der Waals surface area contributed by atoms with E-state index in [1.165, 1.54) is 4.68 Å². The Labute approximate surface area is 110 Å². The monoisotopic (exact) mass is 256 g/mol. The van der Waals surface area contributed by atoms with Crippen molar-refractivity contribution in [2.75, 3.05) is 0 Å². The van der Waals surface area contributed by atoms with E-state index in [4.69, 9.17) is 0 Å². The van der Waals surface area contributed by atoms with Crippen molar-refractivity contribution in [1.29, 1.82) is 0 Å². The summed E-state index contributed by atoms with van der Waals surface area (Å²) in [6.45, 7) is 2.09. The van der Waals surface area contributed by atoms with E-state index in [9.17, 15) is 9.59 Å². The molecule has 1 aromatic heterocycles. The van der Waals surface area contributed by atoms with Crippen LogP contribution in [0, 0.1) is 5.92 Å². The number of fused-ring (bicyclic) bond motifs is 1. The molecule has 1 aliphatic carbocycles. The van der Waals surface area contributed by atoms with Crippen LogP contribution in [0.25, 0.3) is 10.8 Å². The quantitative estimate of drug-likeness (QED) is 0.838. The molecule has 0 spiro atoms. The van der Waals surface area contributed by atoms with E-state index in [0.717, 1.165) is 12.8 Å². The third-order valence-electron chi connectivity index (χ3n) is 3.90. The average Bonchev–Trinajstić information content (AvgIpc) is 2.91. The van der Waals surface area contributed by atoms with Crippen LogP contribution in [0.5, 0.6) is 0 Å². The zero-order chi connectivity index (χ0) is 13.4. The van der Waals surface area contributed by atoms with Gasteiger partial charge in [-0.1, -0.05) is 31.2 Å². The number of aromatic nitrogens is 2. The standard InChI is InChI=1S/C15H16N2O2/c1-2-10-6-5-9-13(10)17-15(19)12-8-4-3-7-11(12)14(18)16-17/h3-8,10,13H,2,9H2,1H3,(H,16,18)/t10-,13-/m0/s1. The second kappa shape index (κ2) is 4.53. The van der Waals surface area contributed by atoms with Crippen LogP contribution in [-0.4, -0.2) is 9.78 Å². The number of nitrogens with one attached hydrogen (secondary N) is 1. The fourth-order valence-corrected chi connectivity index (χ4v) is 2.85. The smallest absolute Gasteiger partial charge is 0.267 e. The zero-order valence-electron chi connectivity index (χ0n) is 10.8. The molecule has 0 amide bonds. The van der Waals surface area contributed by atoms with Crippen LogP contribution in [0.4, 0.5) is 0 Å². The molecule has 0 saturated heterocycles. The number of H-pyrrole nitrogens is 1. The van der Waals surface area contributed by atoms with E-state index in [0.29, 0.717) is 16.7 Å². The van der Waals surface area contributed by atoms with E-state index in [1.807, 2.05) is 0 Å². The Morgan fingerprint density at radius 1 is 1.26 bits per heavy atom. The first-order chi connectivity index (χ1) is 9.22. The van der Waals surface area contributed by atoms with Crippen molar-refractivity contribution in [3.05, 3.63) is 57.1 Å². The molecule has 0 radical (unpaired) electrons. The molecule has 2 atom stereocenters. The minimum atomic E-state index is -0.197. The Kier molecular flexibility index (Phi) is 2.85. The fourth-order valence-electron chi connectivity index (χ4n) is 2.85. The third kappa shape index (κ3) is 1.84. The molecule has 0 unspecified atom stereocenters. The van der Waals surface area contributed by atoms with Gasteiger partial charge in [0.15, 0.2) is 0 Å². The van der Waals surface area contributed by atoms with Gasteiger partial charge in [-0.05, 0) is 30.9 Å². The van der Waals surface area contributed by atoms with Gasteiger partial charge in [0.1, 0.15) is 0 Å². The van der Waals surface area contributed by atoms with Gasteiger partial charge in [-0.3, -0.25) is 14.7 Å². The summed E-state index contributed by atoms with van der Waals surface area (Å²) >= 11 is 0. The van der Waals surface area contributed by atoms with E-state index in [1.54, 1.807) is 24.3 Å². The number of benzene rings is 1. The zero-order valence-corrected chi connectivity index (χ0v) is 10.8. The first-order valence-corrected chi connectivity index (χ1v) is 6.62. The van der Waals surface area contributed by atoms with Crippen molar-refractivity contribution in [2.45, 2.75) is 25.8 Å². The molecule has 4 heteroatoms. The highest BCUT2D eigenvalue weighted by Crippen LogP contribution is 2.30. The number of allylic oxidation sites excluding steroid dienone is 2. The van der Waals surface area contributed by atoms with Crippen molar-refractivity contribution in [3.63, 3.8) is 0 Å². The van der Waals surface area contributed by atoms with Crippen molar-refractivity contribution in [3.8, 4) is 0 Å². The summed E-state index contributed by atoms with van der Waals surface area (Å²) in [5.74, 6) is 0.314. The van der Waals surface area contributed by atoms with Gasteiger partial charge in [0.25, 0.3) is 11.1 Å².